The summed E-state index contributed by atoms with van der Waals surface area (Å²) in [6, 6.07) is 0. The van der Waals surface area contributed by atoms with Crippen molar-refractivity contribution in [2.75, 3.05) is 13.2 Å². The van der Waals surface area contributed by atoms with Crippen molar-refractivity contribution in [3.63, 3.8) is 0 Å². The van der Waals surface area contributed by atoms with Crippen LogP contribution in [0, 0.1) is 0 Å². The van der Waals surface area contributed by atoms with Gasteiger partial charge >= 0.3 is 21.6 Å². The van der Waals surface area contributed by atoms with Gasteiger partial charge in [0, 0.05) is 6.42 Å². The Hall–Kier alpha value is -1.45. The molecule has 0 radical (unpaired) electrons. The monoisotopic (exact) mass is 290 g/mol. The van der Waals surface area contributed by atoms with Crippen LogP contribution in [0.5, 0.6) is 0 Å². The van der Waals surface area contributed by atoms with Crippen molar-refractivity contribution in [2.24, 2.45) is 0 Å². The molecule has 0 bridgehead atoms. The van der Waals surface area contributed by atoms with E-state index in [1.165, 1.54) is 6.92 Å². The molecule has 18 heavy (non-hydrogen) atoms. The molecular weight excluding hydrogens is 281 g/mol. The van der Waals surface area contributed by atoms with Gasteiger partial charge in [-0.05, 0) is 6.92 Å². The van der Waals surface area contributed by atoms with E-state index in [1.54, 1.807) is 0 Å². The van der Waals surface area contributed by atoms with Crippen LogP contribution in [-0.2, 0) is 28.6 Å². The molecule has 1 heterocycles. The molecule has 0 unspecified atom stereocenters. The smallest absolute Gasteiger partial charge is 0.484 e. The fraction of sp³-hybridized carbons (Fsp3) is 0.625. The lowest BCUT2D eigenvalue weighted by molar-refractivity contribution is -0.142. The van der Waals surface area contributed by atoms with Gasteiger partial charge in [0.15, 0.2) is 5.76 Å². The van der Waals surface area contributed by atoms with Crippen LogP contribution < -0.4 is 0 Å². The standard InChI is InChI=1S/C8H9F3O6S/c1-2-15-7(12)6-5(3-4-16-6)17-18(13,14)8(9,10)11/h2-4H2,1H3. The molecule has 0 N–H and O–H groups in total. The Morgan fingerprint density at radius 2 is 2.06 bits per heavy atom. The average molecular weight is 290 g/mol. The number of carbonyl (C=O) groups is 1. The van der Waals surface area contributed by atoms with E-state index in [0.717, 1.165) is 0 Å². The summed E-state index contributed by atoms with van der Waals surface area (Å²) in [6.07, 6.45) is -0.260. The molecular formula is C8H9F3O6S. The molecule has 1 rings (SSSR count). The van der Waals surface area contributed by atoms with Crippen LogP contribution >= 0.6 is 0 Å². The summed E-state index contributed by atoms with van der Waals surface area (Å²) in [5, 5.41) is 0. The first kappa shape index (κ1) is 14.6. The van der Waals surface area contributed by atoms with Gasteiger partial charge < -0.3 is 13.7 Å². The van der Waals surface area contributed by atoms with Crippen molar-refractivity contribution in [3.8, 4) is 0 Å². The first-order valence-electron chi connectivity index (χ1n) is 4.73. The Kier molecular flexibility index (Phi) is 4.09. The lowest BCUT2D eigenvalue weighted by Gasteiger charge is -2.10. The van der Waals surface area contributed by atoms with Gasteiger partial charge in [0.05, 0.1) is 13.2 Å². The predicted molar refractivity (Wildman–Crippen MR) is 50.3 cm³/mol. The lowest BCUT2D eigenvalue weighted by Crippen LogP contribution is -2.25. The second kappa shape index (κ2) is 5.04. The van der Waals surface area contributed by atoms with E-state index in [9.17, 15) is 26.4 Å². The third-order valence-corrected chi connectivity index (χ3v) is 2.77. The summed E-state index contributed by atoms with van der Waals surface area (Å²) >= 11 is 0. The number of alkyl halides is 3. The molecule has 0 aromatic carbocycles. The van der Waals surface area contributed by atoms with Crippen molar-refractivity contribution >= 4 is 16.1 Å². The fourth-order valence-electron chi connectivity index (χ4n) is 1.07. The van der Waals surface area contributed by atoms with Crippen molar-refractivity contribution < 1.29 is 40.0 Å². The number of esters is 1. The highest BCUT2D eigenvalue weighted by atomic mass is 32.2. The van der Waals surface area contributed by atoms with Gasteiger partial charge in [-0.3, -0.25) is 0 Å². The van der Waals surface area contributed by atoms with Crippen LogP contribution in [-0.4, -0.2) is 33.1 Å². The van der Waals surface area contributed by atoms with Crippen molar-refractivity contribution in [1.29, 1.82) is 0 Å². The van der Waals surface area contributed by atoms with Crippen molar-refractivity contribution in [1.82, 2.24) is 0 Å². The molecule has 0 atom stereocenters. The third-order valence-electron chi connectivity index (χ3n) is 1.78. The zero-order chi connectivity index (χ0) is 14.0. The molecule has 6 nitrogen and oxygen atoms in total. The number of hydrogen-bond acceptors (Lipinski definition) is 6. The Bertz CT molecular complexity index is 464. The maximum atomic E-state index is 12.1. The summed E-state index contributed by atoms with van der Waals surface area (Å²) in [7, 11) is -5.81. The van der Waals surface area contributed by atoms with E-state index < -0.39 is 33.1 Å². The second-order valence-corrected chi connectivity index (χ2v) is 4.59. The van der Waals surface area contributed by atoms with Crippen LogP contribution in [0.15, 0.2) is 11.5 Å². The van der Waals surface area contributed by atoms with E-state index in [1.807, 2.05) is 0 Å². The third kappa shape index (κ3) is 3.06. The van der Waals surface area contributed by atoms with E-state index in [2.05, 4.69) is 13.7 Å². The number of rotatable bonds is 4. The van der Waals surface area contributed by atoms with Crippen LogP contribution in [0.3, 0.4) is 0 Å². The van der Waals surface area contributed by atoms with Crippen LogP contribution in [0.25, 0.3) is 0 Å². The number of halogens is 3. The predicted octanol–water partition coefficient (Wildman–Crippen LogP) is 1.05. The van der Waals surface area contributed by atoms with Gasteiger partial charge in [0.2, 0.25) is 5.76 Å². The zero-order valence-electron chi connectivity index (χ0n) is 9.11. The Morgan fingerprint density at radius 3 is 2.56 bits per heavy atom. The zero-order valence-corrected chi connectivity index (χ0v) is 9.93. The number of hydrogen-bond donors (Lipinski definition) is 0. The lowest BCUT2D eigenvalue weighted by atomic mass is 10.3. The minimum atomic E-state index is -5.81. The largest absolute Gasteiger partial charge is 0.534 e. The summed E-state index contributed by atoms with van der Waals surface area (Å²) in [6.45, 7) is 1.28. The molecule has 0 fully saturated rings. The maximum absolute atomic E-state index is 12.1. The van der Waals surface area contributed by atoms with E-state index in [4.69, 9.17) is 0 Å². The summed E-state index contributed by atoms with van der Waals surface area (Å²) in [5.74, 6) is -2.42. The highest BCUT2D eigenvalue weighted by Gasteiger charge is 2.49. The molecule has 0 spiro atoms. The molecule has 1 aliphatic heterocycles. The molecule has 10 heteroatoms. The minimum absolute atomic E-state index is 0.0367. The molecule has 0 aliphatic carbocycles. The average Bonchev–Trinajstić information content (AvgIpc) is 2.63. The Balaban J connectivity index is 2.95. The highest BCUT2D eigenvalue weighted by molar-refractivity contribution is 7.87. The first-order chi connectivity index (χ1) is 8.19. The van der Waals surface area contributed by atoms with Gasteiger partial charge in [0.25, 0.3) is 0 Å². The molecule has 0 aromatic heterocycles. The molecule has 0 amide bonds. The maximum Gasteiger partial charge on any atom is 0.534 e. The molecule has 0 saturated heterocycles. The topological polar surface area (TPSA) is 78.9 Å². The van der Waals surface area contributed by atoms with Crippen molar-refractivity contribution in [3.05, 3.63) is 11.5 Å². The molecule has 0 aromatic rings. The van der Waals surface area contributed by atoms with E-state index in [0.29, 0.717) is 0 Å². The summed E-state index contributed by atoms with van der Waals surface area (Å²) in [4.78, 5) is 11.2. The minimum Gasteiger partial charge on any atom is -0.484 e. The molecule has 104 valence electrons. The van der Waals surface area contributed by atoms with E-state index in [-0.39, 0.29) is 19.6 Å². The first-order valence-corrected chi connectivity index (χ1v) is 6.13. The normalized spacial score (nSPS) is 16.4. The van der Waals surface area contributed by atoms with Gasteiger partial charge in [0.1, 0.15) is 0 Å². The van der Waals surface area contributed by atoms with Gasteiger partial charge in [-0.1, -0.05) is 0 Å². The second-order valence-electron chi connectivity index (χ2n) is 3.05. The van der Waals surface area contributed by atoms with Crippen LogP contribution in [0.1, 0.15) is 13.3 Å². The van der Waals surface area contributed by atoms with Gasteiger partial charge in [-0.2, -0.15) is 21.6 Å². The Morgan fingerprint density at radius 1 is 1.44 bits per heavy atom. The van der Waals surface area contributed by atoms with Crippen LogP contribution in [0.2, 0.25) is 0 Å². The number of ether oxygens (including phenoxy) is 2. The number of carbonyl (C=O) groups excluding carboxylic acids is 1. The fourth-order valence-corrected chi connectivity index (χ4v) is 1.59. The molecule has 0 saturated carbocycles. The Labute approximate surface area is 100 Å². The SMILES string of the molecule is CCOC(=O)C1=C(OS(=O)(=O)C(F)(F)F)CCO1. The van der Waals surface area contributed by atoms with Gasteiger partial charge in [-0.25, -0.2) is 4.79 Å². The highest BCUT2D eigenvalue weighted by Crippen LogP contribution is 2.30. The molecule has 1 aliphatic rings. The van der Waals surface area contributed by atoms with Gasteiger partial charge in [-0.15, -0.1) is 0 Å². The summed E-state index contributed by atoms with van der Waals surface area (Å²) in [5.41, 5.74) is -5.57. The quantitative estimate of drug-likeness (QED) is 0.437. The van der Waals surface area contributed by atoms with E-state index >= 15 is 0 Å². The summed E-state index contributed by atoms with van der Waals surface area (Å²) < 4.78 is 70.7. The van der Waals surface area contributed by atoms with Crippen LogP contribution in [0.4, 0.5) is 13.2 Å². The van der Waals surface area contributed by atoms with Crippen molar-refractivity contribution in [2.45, 2.75) is 18.9 Å².